The van der Waals surface area contributed by atoms with Crippen molar-refractivity contribution in [2.45, 2.75) is 48.0 Å². The molecule has 0 radical (unpaired) electrons. The van der Waals surface area contributed by atoms with Crippen molar-refractivity contribution in [3.05, 3.63) is 132 Å². The van der Waals surface area contributed by atoms with Gasteiger partial charge in [0.15, 0.2) is 0 Å². The van der Waals surface area contributed by atoms with Crippen molar-refractivity contribution < 1.29 is 0 Å². The van der Waals surface area contributed by atoms with E-state index < -0.39 is 0 Å². The number of aryl methyl sites for hydroxylation is 3. The van der Waals surface area contributed by atoms with Crippen LogP contribution in [0.3, 0.4) is 0 Å². The van der Waals surface area contributed by atoms with E-state index >= 15 is 0 Å². The van der Waals surface area contributed by atoms with Crippen LogP contribution in [0.25, 0.3) is 21.5 Å². The summed E-state index contributed by atoms with van der Waals surface area (Å²) in [5, 5.41) is 4.32. The summed E-state index contributed by atoms with van der Waals surface area (Å²) in [6.07, 6.45) is 2.76. The van der Waals surface area contributed by atoms with Crippen LogP contribution in [-0.4, -0.2) is 20.8 Å². The van der Waals surface area contributed by atoms with Crippen LogP contribution in [0.1, 0.15) is 44.3 Å². The van der Waals surface area contributed by atoms with Crippen molar-refractivity contribution in [1.29, 1.82) is 0 Å². The second-order valence-electron chi connectivity index (χ2n) is 11.2. The van der Waals surface area contributed by atoms with Gasteiger partial charge < -0.3 is 0 Å². The Balaban J connectivity index is 1.78. The van der Waals surface area contributed by atoms with E-state index in [-0.39, 0.29) is 0 Å². The quantitative estimate of drug-likeness (QED) is 0.0801. The molecule has 0 unspecified atom stereocenters. The highest BCUT2D eigenvalue weighted by atomic mass is 15.3. The largest absolute Gasteiger partial charge is 0.281 e. The fourth-order valence-electron chi connectivity index (χ4n) is 5.80. The van der Waals surface area contributed by atoms with Gasteiger partial charge >= 0.3 is 0 Å². The topological polar surface area (TPSA) is 57.5 Å². The molecule has 6 heteroatoms. The molecular weight excluding hydrogens is 552 g/mol. The fourth-order valence-corrected chi connectivity index (χ4v) is 5.80. The Morgan fingerprint density at radius 2 is 1.02 bits per heavy atom. The number of hydrogen-bond acceptors (Lipinski definition) is 5. The summed E-state index contributed by atoms with van der Waals surface area (Å²) in [5.74, 6) is 3.38. The lowest BCUT2D eigenvalue weighted by Gasteiger charge is -2.32. The van der Waals surface area contributed by atoms with Gasteiger partial charge in [-0.05, 0) is 71.0 Å². The van der Waals surface area contributed by atoms with Gasteiger partial charge in [0.2, 0.25) is 0 Å². The number of amidine groups is 1. The molecule has 0 aliphatic carbocycles. The Hall–Kier alpha value is -5.36. The van der Waals surface area contributed by atoms with E-state index in [2.05, 4.69) is 102 Å². The molecule has 6 aromatic rings. The van der Waals surface area contributed by atoms with E-state index in [1.165, 1.54) is 0 Å². The van der Waals surface area contributed by atoms with E-state index in [0.717, 1.165) is 85.4 Å². The molecule has 0 aliphatic rings. The van der Waals surface area contributed by atoms with Crippen molar-refractivity contribution >= 4 is 56.2 Å². The molecule has 0 atom stereocenters. The minimum Gasteiger partial charge on any atom is -0.281 e. The molecule has 6 nitrogen and oxygen atoms in total. The number of anilines is 5. The van der Waals surface area contributed by atoms with Crippen molar-refractivity contribution in [1.82, 2.24) is 15.0 Å². The van der Waals surface area contributed by atoms with Crippen LogP contribution in [0.15, 0.2) is 120 Å². The number of pyridine rings is 3. The highest BCUT2D eigenvalue weighted by Gasteiger charge is 2.27. The average molecular weight is 591 g/mol. The fraction of sp³-hybridized carbons (Fsp3) is 0.179. The zero-order valence-corrected chi connectivity index (χ0v) is 26.8. The van der Waals surface area contributed by atoms with Crippen LogP contribution < -0.4 is 9.80 Å². The average Bonchev–Trinajstić information content (AvgIpc) is 3.05. The van der Waals surface area contributed by atoms with Gasteiger partial charge in [-0.1, -0.05) is 79.7 Å². The maximum Gasteiger partial charge on any atom is 0.139 e. The van der Waals surface area contributed by atoms with Gasteiger partial charge in [0.05, 0.1) is 11.4 Å². The third-order valence-corrected chi connectivity index (χ3v) is 7.93. The molecule has 0 saturated heterocycles. The zero-order valence-electron chi connectivity index (χ0n) is 26.8. The zero-order chi connectivity index (χ0) is 31.5. The molecule has 0 aliphatic heterocycles. The van der Waals surface area contributed by atoms with Gasteiger partial charge in [0.25, 0.3) is 0 Å². The van der Waals surface area contributed by atoms with E-state index in [4.69, 9.17) is 19.9 Å². The van der Waals surface area contributed by atoms with Gasteiger partial charge in [-0.3, -0.25) is 9.80 Å². The van der Waals surface area contributed by atoms with Gasteiger partial charge in [0.1, 0.15) is 23.3 Å². The third kappa shape index (κ3) is 5.79. The van der Waals surface area contributed by atoms with Crippen LogP contribution in [0.5, 0.6) is 0 Å². The first-order valence-corrected chi connectivity index (χ1v) is 15.4. The van der Waals surface area contributed by atoms with Gasteiger partial charge in [-0.15, -0.1) is 0 Å². The smallest absolute Gasteiger partial charge is 0.139 e. The summed E-state index contributed by atoms with van der Waals surface area (Å²) in [6.45, 7) is 12.3. The molecule has 3 aromatic heterocycles. The van der Waals surface area contributed by atoms with Crippen molar-refractivity contribution in [3.8, 4) is 0 Å². The van der Waals surface area contributed by atoms with Crippen LogP contribution >= 0.6 is 0 Å². The molecule has 3 heterocycles. The SMILES string of the molecule is C/C=C(C)\N=C(/CC)N(c1cccc(C)n1)c1c2ccccc2c(N(c2cccc(C)n2)c2cccc(C)n2)c2ccccc12. The molecule has 6 rings (SSSR count). The number of fused-ring (bicyclic) bond motifs is 2. The summed E-state index contributed by atoms with van der Waals surface area (Å²) in [4.78, 5) is 24.6. The number of allylic oxidation sites excluding steroid dienone is 2. The third-order valence-electron chi connectivity index (χ3n) is 7.93. The highest BCUT2D eigenvalue weighted by Crippen LogP contribution is 2.48. The summed E-state index contributed by atoms with van der Waals surface area (Å²) in [5.41, 5.74) is 5.85. The Labute approximate surface area is 265 Å². The molecule has 0 fully saturated rings. The minimum absolute atomic E-state index is 0.720. The van der Waals surface area contributed by atoms with Crippen molar-refractivity contribution in [3.63, 3.8) is 0 Å². The lowest BCUT2D eigenvalue weighted by atomic mass is 9.96. The second-order valence-corrected chi connectivity index (χ2v) is 11.2. The Bertz CT molecular complexity index is 1970. The number of aliphatic imine (C=N–C) groups is 1. The number of aromatic nitrogens is 3. The monoisotopic (exact) mass is 590 g/mol. The minimum atomic E-state index is 0.720. The molecule has 3 aromatic carbocycles. The van der Waals surface area contributed by atoms with E-state index in [0.29, 0.717) is 0 Å². The van der Waals surface area contributed by atoms with Crippen LogP contribution in [0.2, 0.25) is 0 Å². The van der Waals surface area contributed by atoms with Crippen LogP contribution in [0, 0.1) is 20.8 Å². The van der Waals surface area contributed by atoms with Gasteiger partial charge in [-0.2, -0.15) is 0 Å². The van der Waals surface area contributed by atoms with Crippen LogP contribution in [0.4, 0.5) is 28.8 Å². The standard InChI is InChI=1S/C39H38N6/c1-7-26(3)40-34(8-2)44(35-23-13-16-27(4)41-35)38-30-19-9-11-21-32(30)39(33-22-12-10-20-31(33)38)45(36-24-14-17-28(5)42-36)37-25-15-18-29(6)43-37/h7,9-25H,8H2,1-6H3/b26-7-,40-34+. The molecule has 0 bridgehead atoms. The first-order chi connectivity index (χ1) is 21.9. The Morgan fingerprint density at radius 3 is 1.44 bits per heavy atom. The van der Waals surface area contributed by atoms with E-state index in [1.807, 2.05) is 58.9 Å². The highest BCUT2D eigenvalue weighted by molar-refractivity contribution is 6.25. The van der Waals surface area contributed by atoms with Crippen molar-refractivity contribution in [2.75, 3.05) is 9.80 Å². The maximum atomic E-state index is 5.12. The molecule has 0 spiro atoms. The molecule has 45 heavy (non-hydrogen) atoms. The molecule has 0 saturated carbocycles. The Kier molecular flexibility index (Phi) is 8.39. The molecule has 0 N–H and O–H groups in total. The predicted molar refractivity (Wildman–Crippen MR) is 189 cm³/mol. The van der Waals surface area contributed by atoms with E-state index in [1.54, 1.807) is 0 Å². The summed E-state index contributed by atoms with van der Waals surface area (Å²) in [7, 11) is 0. The molecule has 224 valence electrons. The van der Waals surface area contributed by atoms with Crippen molar-refractivity contribution in [2.24, 2.45) is 4.99 Å². The predicted octanol–water partition coefficient (Wildman–Crippen LogP) is 10.4. The van der Waals surface area contributed by atoms with E-state index in [9.17, 15) is 0 Å². The normalized spacial score (nSPS) is 12.1. The van der Waals surface area contributed by atoms with Gasteiger partial charge in [0, 0.05) is 50.7 Å². The first kappa shape index (κ1) is 29.7. The lowest BCUT2D eigenvalue weighted by molar-refractivity contribution is 1.08. The number of hydrogen-bond donors (Lipinski definition) is 0. The number of nitrogens with zero attached hydrogens (tertiary/aromatic N) is 6. The maximum absolute atomic E-state index is 5.12. The van der Waals surface area contributed by atoms with Crippen LogP contribution in [-0.2, 0) is 0 Å². The second kappa shape index (κ2) is 12.7. The summed E-state index contributed by atoms with van der Waals surface area (Å²) in [6, 6.07) is 35.6. The number of benzene rings is 3. The van der Waals surface area contributed by atoms with Gasteiger partial charge in [-0.25, -0.2) is 19.9 Å². The number of rotatable bonds is 7. The molecular formula is C39H38N6. The Morgan fingerprint density at radius 1 is 0.600 bits per heavy atom. The summed E-state index contributed by atoms with van der Waals surface area (Å²) >= 11 is 0. The lowest BCUT2D eigenvalue weighted by Crippen LogP contribution is -2.27. The first-order valence-electron chi connectivity index (χ1n) is 15.4. The molecule has 0 amide bonds. The summed E-state index contributed by atoms with van der Waals surface area (Å²) < 4.78 is 0.